The fraction of sp³-hybridized carbons (Fsp3) is 0.308. The van der Waals surface area contributed by atoms with Crippen molar-refractivity contribution in [3.8, 4) is 11.5 Å². The topological polar surface area (TPSA) is 94.6 Å². The van der Waals surface area contributed by atoms with Gasteiger partial charge in [-0.25, -0.2) is 4.79 Å². The second-order valence-electron chi connectivity index (χ2n) is 4.43. The van der Waals surface area contributed by atoms with Gasteiger partial charge in [-0.1, -0.05) is 5.16 Å². The van der Waals surface area contributed by atoms with Crippen LogP contribution in [0.25, 0.3) is 11.5 Å². The van der Waals surface area contributed by atoms with E-state index in [0.29, 0.717) is 30.1 Å². The van der Waals surface area contributed by atoms with Gasteiger partial charge in [-0.15, -0.1) is 0 Å². The van der Waals surface area contributed by atoms with Crippen LogP contribution >= 0.6 is 0 Å². The van der Waals surface area contributed by atoms with Crippen molar-refractivity contribution >= 4 is 11.9 Å². The number of hydrogen-bond acceptors (Lipinski definition) is 6. The molecular formula is C13H12N2O5. The fourth-order valence-corrected chi connectivity index (χ4v) is 1.95. The number of carbonyl (C=O) groups excluding carboxylic acids is 2. The van der Waals surface area contributed by atoms with Crippen LogP contribution in [0.1, 0.15) is 18.5 Å². The number of esters is 1. The van der Waals surface area contributed by atoms with Crippen molar-refractivity contribution in [2.24, 2.45) is 0 Å². The lowest BCUT2D eigenvalue weighted by atomic mass is 10.2. The van der Waals surface area contributed by atoms with E-state index in [0.717, 1.165) is 0 Å². The quantitative estimate of drug-likeness (QED) is 0.845. The molecule has 1 aliphatic rings. The normalized spacial score (nSPS) is 18.0. The molecule has 1 aliphatic heterocycles. The summed E-state index contributed by atoms with van der Waals surface area (Å²) in [6, 6.07) is 4.56. The van der Waals surface area contributed by atoms with Crippen LogP contribution in [0.4, 0.5) is 0 Å². The Hall–Kier alpha value is -2.57. The number of nitrogens with zero attached hydrogens (tertiary/aromatic N) is 1. The molecule has 1 fully saturated rings. The Bertz CT molecular complexity index is 617. The van der Waals surface area contributed by atoms with Gasteiger partial charge in [-0.05, 0) is 18.6 Å². The molecule has 1 N–H and O–H groups in total. The molecule has 0 aromatic carbocycles. The Kier molecular flexibility index (Phi) is 3.24. The zero-order valence-electron chi connectivity index (χ0n) is 10.5. The van der Waals surface area contributed by atoms with Crippen molar-refractivity contribution in [1.29, 1.82) is 0 Å². The largest absolute Gasteiger partial charge is 0.461 e. The summed E-state index contributed by atoms with van der Waals surface area (Å²) in [6.45, 7) is -0.00455. The standard InChI is InChI=1S/C13H12N2O5/c16-12-4-3-9(14-12)13(17)19-7-8-6-11(20-15-8)10-2-1-5-18-10/h1-2,5-6,9H,3-4,7H2,(H,14,16). The third-order valence-electron chi connectivity index (χ3n) is 2.97. The molecule has 3 heterocycles. The number of hydrogen-bond donors (Lipinski definition) is 1. The van der Waals surface area contributed by atoms with Gasteiger partial charge in [0.2, 0.25) is 11.7 Å². The Labute approximate surface area is 113 Å². The summed E-state index contributed by atoms with van der Waals surface area (Å²) in [7, 11) is 0. The Morgan fingerprint density at radius 3 is 3.10 bits per heavy atom. The van der Waals surface area contributed by atoms with Gasteiger partial charge < -0.3 is 19.0 Å². The molecule has 0 radical (unpaired) electrons. The van der Waals surface area contributed by atoms with E-state index >= 15 is 0 Å². The molecule has 1 saturated heterocycles. The molecule has 1 atom stereocenters. The highest BCUT2D eigenvalue weighted by Gasteiger charge is 2.28. The van der Waals surface area contributed by atoms with E-state index in [9.17, 15) is 9.59 Å². The van der Waals surface area contributed by atoms with Crippen LogP contribution in [-0.2, 0) is 20.9 Å². The number of nitrogens with one attached hydrogen (secondary N) is 1. The van der Waals surface area contributed by atoms with Crippen molar-refractivity contribution < 1.29 is 23.3 Å². The van der Waals surface area contributed by atoms with Gasteiger partial charge >= 0.3 is 5.97 Å². The molecule has 2 aromatic rings. The molecule has 0 aliphatic carbocycles. The third kappa shape index (κ3) is 2.56. The average molecular weight is 276 g/mol. The minimum absolute atomic E-state index is 0.00455. The Balaban J connectivity index is 1.56. The highest BCUT2D eigenvalue weighted by atomic mass is 16.5. The van der Waals surface area contributed by atoms with Gasteiger partial charge in [-0.2, -0.15) is 0 Å². The van der Waals surface area contributed by atoms with Crippen LogP contribution in [-0.4, -0.2) is 23.1 Å². The minimum Gasteiger partial charge on any atom is -0.461 e. The summed E-state index contributed by atoms with van der Waals surface area (Å²) < 4.78 is 15.3. The molecular weight excluding hydrogens is 264 g/mol. The number of aromatic nitrogens is 1. The fourth-order valence-electron chi connectivity index (χ4n) is 1.95. The smallest absolute Gasteiger partial charge is 0.329 e. The van der Waals surface area contributed by atoms with Gasteiger partial charge in [0.15, 0.2) is 5.76 Å². The molecule has 2 aromatic heterocycles. The van der Waals surface area contributed by atoms with Crippen LogP contribution in [0.2, 0.25) is 0 Å². The SMILES string of the molecule is O=C1CCC(C(=O)OCc2cc(-c3ccco3)on2)N1. The molecule has 1 unspecified atom stereocenters. The summed E-state index contributed by atoms with van der Waals surface area (Å²) in [5, 5.41) is 6.33. The number of carbonyl (C=O) groups is 2. The van der Waals surface area contributed by atoms with Crippen molar-refractivity contribution in [3.63, 3.8) is 0 Å². The van der Waals surface area contributed by atoms with Crippen LogP contribution in [0, 0.1) is 0 Å². The van der Waals surface area contributed by atoms with Gasteiger partial charge in [0.25, 0.3) is 0 Å². The second-order valence-corrected chi connectivity index (χ2v) is 4.43. The van der Waals surface area contributed by atoms with Crippen LogP contribution in [0.15, 0.2) is 33.4 Å². The minimum atomic E-state index is -0.557. The molecule has 0 spiro atoms. The van der Waals surface area contributed by atoms with E-state index in [1.807, 2.05) is 0 Å². The van der Waals surface area contributed by atoms with Crippen molar-refractivity contribution in [1.82, 2.24) is 10.5 Å². The first-order valence-corrected chi connectivity index (χ1v) is 6.18. The number of ether oxygens (including phenoxy) is 1. The maximum Gasteiger partial charge on any atom is 0.329 e. The molecule has 0 saturated carbocycles. The summed E-state index contributed by atoms with van der Waals surface area (Å²) in [4.78, 5) is 22.7. The molecule has 7 nitrogen and oxygen atoms in total. The Morgan fingerprint density at radius 1 is 1.50 bits per heavy atom. The highest BCUT2D eigenvalue weighted by Crippen LogP contribution is 2.21. The predicted molar refractivity (Wildman–Crippen MR) is 65.2 cm³/mol. The number of amides is 1. The van der Waals surface area contributed by atoms with E-state index in [4.69, 9.17) is 13.7 Å². The van der Waals surface area contributed by atoms with E-state index < -0.39 is 12.0 Å². The van der Waals surface area contributed by atoms with Crippen LogP contribution < -0.4 is 5.32 Å². The van der Waals surface area contributed by atoms with Gasteiger partial charge in [0, 0.05) is 12.5 Å². The lowest BCUT2D eigenvalue weighted by Gasteiger charge is -2.08. The van der Waals surface area contributed by atoms with Gasteiger partial charge in [-0.3, -0.25) is 4.79 Å². The average Bonchev–Trinajstić information content (AvgIpc) is 3.16. The molecule has 3 rings (SSSR count). The Morgan fingerprint density at radius 2 is 2.40 bits per heavy atom. The predicted octanol–water partition coefficient (Wildman–Crippen LogP) is 1.26. The number of furan rings is 1. The van der Waals surface area contributed by atoms with E-state index in [1.54, 1.807) is 18.2 Å². The highest BCUT2D eigenvalue weighted by molar-refractivity contribution is 5.88. The lowest BCUT2D eigenvalue weighted by Crippen LogP contribution is -2.34. The molecule has 1 amide bonds. The van der Waals surface area contributed by atoms with E-state index in [1.165, 1.54) is 6.26 Å². The monoisotopic (exact) mass is 276 g/mol. The first-order chi connectivity index (χ1) is 9.72. The first-order valence-electron chi connectivity index (χ1n) is 6.18. The van der Waals surface area contributed by atoms with Crippen LogP contribution in [0.5, 0.6) is 0 Å². The van der Waals surface area contributed by atoms with E-state index in [2.05, 4.69) is 10.5 Å². The molecule has 104 valence electrons. The van der Waals surface area contributed by atoms with Gasteiger partial charge in [0.05, 0.1) is 6.26 Å². The molecule has 20 heavy (non-hydrogen) atoms. The van der Waals surface area contributed by atoms with Crippen molar-refractivity contribution in [3.05, 3.63) is 30.2 Å². The van der Waals surface area contributed by atoms with Crippen LogP contribution in [0.3, 0.4) is 0 Å². The van der Waals surface area contributed by atoms with E-state index in [-0.39, 0.29) is 12.5 Å². The first kappa shape index (κ1) is 12.5. The maximum atomic E-state index is 11.7. The molecule has 7 heteroatoms. The van der Waals surface area contributed by atoms with Gasteiger partial charge in [0.1, 0.15) is 18.3 Å². The molecule has 0 bridgehead atoms. The summed E-state index contributed by atoms with van der Waals surface area (Å²) >= 11 is 0. The van der Waals surface area contributed by atoms with Crippen molar-refractivity contribution in [2.45, 2.75) is 25.5 Å². The summed E-state index contributed by atoms with van der Waals surface area (Å²) in [6.07, 6.45) is 2.35. The lowest BCUT2D eigenvalue weighted by molar-refractivity contribution is -0.147. The third-order valence-corrected chi connectivity index (χ3v) is 2.97. The maximum absolute atomic E-state index is 11.7. The zero-order valence-corrected chi connectivity index (χ0v) is 10.5. The summed E-state index contributed by atoms with van der Waals surface area (Å²) in [5.41, 5.74) is 0.481. The second kappa shape index (κ2) is 5.20. The van der Waals surface area contributed by atoms with Crippen molar-refractivity contribution in [2.75, 3.05) is 0 Å². The zero-order chi connectivity index (χ0) is 13.9. The number of rotatable bonds is 4. The summed E-state index contributed by atoms with van der Waals surface area (Å²) in [5.74, 6) is 0.431.